The van der Waals surface area contributed by atoms with E-state index in [1.165, 1.54) is 24.0 Å². The minimum atomic E-state index is 0.294. The summed E-state index contributed by atoms with van der Waals surface area (Å²) < 4.78 is 10.7. The van der Waals surface area contributed by atoms with Crippen LogP contribution in [0.15, 0.2) is 53.5 Å². The summed E-state index contributed by atoms with van der Waals surface area (Å²) >= 11 is 0. The third kappa shape index (κ3) is 6.13. The highest BCUT2D eigenvalue weighted by molar-refractivity contribution is 5.79. The van der Waals surface area contributed by atoms with Gasteiger partial charge in [-0.1, -0.05) is 24.3 Å². The monoisotopic (exact) mass is 410 g/mol. The molecule has 162 valence electrons. The van der Waals surface area contributed by atoms with Gasteiger partial charge in [-0.05, 0) is 67.7 Å². The molecule has 6 nitrogen and oxygen atoms in total. The second kappa shape index (κ2) is 11.5. The van der Waals surface area contributed by atoms with Gasteiger partial charge in [-0.3, -0.25) is 9.89 Å². The van der Waals surface area contributed by atoms with Crippen molar-refractivity contribution in [3.63, 3.8) is 0 Å². The van der Waals surface area contributed by atoms with Crippen molar-refractivity contribution in [3.8, 4) is 11.5 Å². The second-order valence-electron chi connectivity index (χ2n) is 7.51. The van der Waals surface area contributed by atoms with Crippen molar-refractivity contribution in [2.24, 2.45) is 4.99 Å². The van der Waals surface area contributed by atoms with Crippen molar-refractivity contribution in [2.45, 2.75) is 25.3 Å². The molecule has 30 heavy (non-hydrogen) atoms. The maximum Gasteiger partial charge on any atom is 0.191 e. The second-order valence-corrected chi connectivity index (χ2v) is 7.51. The third-order valence-corrected chi connectivity index (χ3v) is 5.61. The number of hydrogen-bond acceptors (Lipinski definition) is 4. The van der Waals surface area contributed by atoms with Crippen LogP contribution in [0.4, 0.5) is 0 Å². The Morgan fingerprint density at radius 2 is 1.73 bits per heavy atom. The van der Waals surface area contributed by atoms with Gasteiger partial charge >= 0.3 is 0 Å². The molecule has 3 rings (SSSR count). The van der Waals surface area contributed by atoms with Crippen molar-refractivity contribution in [2.75, 3.05) is 47.4 Å². The Bertz CT molecular complexity index is 801. The van der Waals surface area contributed by atoms with Crippen LogP contribution in [0.1, 0.15) is 30.0 Å². The summed E-state index contributed by atoms with van der Waals surface area (Å²) in [7, 11) is 5.23. The molecule has 0 bridgehead atoms. The highest BCUT2D eigenvalue weighted by Crippen LogP contribution is 2.27. The number of nitrogens with one attached hydrogen (secondary N) is 2. The number of nitrogens with zero attached hydrogens (tertiary/aromatic N) is 2. The van der Waals surface area contributed by atoms with Crippen LogP contribution in [0.5, 0.6) is 11.5 Å². The molecule has 2 aromatic carbocycles. The Hall–Kier alpha value is -2.73. The van der Waals surface area contributed by atoms with Gasteiger partial charge in [0.15, 0.2) is 5.96 Å². The summed E-state index contributed by atoms with van der Waals surface area (Å²) in [6, 6.07) is 16.9. The van der Waals surface area contributed by atoms with Gasteiger partial charge in [0.05, 0.1) is 20.3 Å². The van der Waals surface area contributed by atoms with Crippen molar-refractivity contribution >= 4 is 5.96 Å². The lowest BCUT2D eigenvalue weighted by molar-refractivity contribution is 0.245. The quantitative estimate of drug-likeness (QED) is 0.491. The smallest absolute Gasteiger partial charge is 0.191 e. The van der Waals surface area contributed by atoms with Crippen molar-refractivity contribution < 1.29 is 9.47 Å². The molecule has 6 heteroatoms. The number of likely N-dealkylation sites (tertiary alicyclic amines) is 1. The summed E-state index contributed by atoms with van der Waals surface area (Å²) in [4.78, 5) is 6.95. The predicted molar refractivity (Wildman–Crippen MR) is 123 cm³/mol. The molecular weight excluding hydrogens is 376 g/mol. The first-order chi connectivity index (χ1) is 14.7. The van der Waals surface area contributed by atoms with E-state index in [1.54, 1.807) is 14.2 Å². The largest absolute Gasteiger partial charge is 0.497 e. The molecule has 1 fully saturated rings. The topological polar surface area (TPSA) is 58.1 Å². The van der Waals surface area contributed by atoms with Crippen LogP contribution in [-0.4, -0.2) is 58.3 Å². The number of benzene rings is 2. The Kier molecular flexibility index (Phi) is 8.39. The minimum Gasteiger partial charge on any atom is -0.497 e. The zero-order valence-corrected chi connectivity index (χ0v) is 18.4. The molecule has 0 radical (unpaired) electrons. The first kappa shape index (κ1) is 22.0. The van der Waals surface area contributed by atoms with E-state index in [0.717, 1.165) is 50.1 Å². The molecule has 2 aromatic rings. The van der Waals surface area contributed by atoms with Crippen molar-refractivity contribution in [3.05, 3.63) is 59.7 Å². The standard InChI is InChI=1S/C24H34N4O2/c1-25-24(26-14-13-19-9-11-21(29-2)12-10-19)27-18-23(28-15-4-5-16-28)20-7-6-8-22(17-20)30-3/h6-12,17,23H,4-5,13-16,18H2,1-3H3,(H2,25,26,27). The Morgan fingerprint density at radius 3 is 2.40 bits per heavy atom. The van der Waals surface area contributed by atoms with E-state index in [2.05, 4.69) is 50.9 Å². The molecular formula is C24H34N4O2. The summed E-state index contributed by atoms with van der Waals surface area (Å²) in [6.07, 6.45) is 3.45. The third-order valence-electron chi connectivity index (χ3n) is 5.61. The summed E-state index contributed by atoms with van der Waals surface area (Å²) in [5, 5.41) is 6.95. The molecule has 0 spiro atoms. The van der Waals surface area contributed by atoms with Crippen LogP contribution in [-0.2, 0) is 6.42 Å². The van der Waals surface area contributed by atoms with Gasteiger partial charge in [0.25, 0.3) is 0 Å². The lowest BCUT2D eigenvalue weighted by Crippen LogP contribution is -2.43. The Balaban J connectivity index is 1.55. The molecule has 1 heterocycles. The number of guanidine groups is 1. The fourth-order valence-electron chi connectivity index (χ4n) is 3.89. The zero-order valence-electron chi connectivity index (χ0n) is 18.4. The lowest BCUT2D eigenvalue weighted by atomic mass is 10.1. The van der Waals surface area contributed by atoms with E-state index >= 15 is 0 Å². The number of hydrogen-bond donors (Lipinski definition) is 2. The molecule has 0 saturated carbocycles. The van der Waals surface area contributed by atoms with Crippen molar-refractivity contribution in [1.82, 2.24) is 15.5 Å². The molecule has 0 aliphatic carbocycles. The number of ether oxygens (including phenoxy) is 2. The van der Waals surface area contributed by atoms with Crippen LogP contribution in [0.2, 0.25) is 0 Å². The molecule has 0 aromatic heterocycles. The van der Waals surface area contributed by atoms with Gasteiger partial charge in [0.1, 0.15) is 11.5 Å². The lowest BCUT2D eigenvalue weighted by Gasteiger charge is -2.29. The average molecular weight is 411 g/mol. The Morgan fingerprint density at radius 1 is 1.00 bits per heavy atom. The normalized spacial score (nSPS) is 15.6. The number of rotatable bonds is 9. The van der Waals surface area contributed by atoms with Crippen LogP contribution >= 0.6 is 0 Å². The van der Waals surface area contributed by atoms with Gasteiger partial charge in [-0.25, -0.2) is 0 Å². The maximum absolute atomic E-state index is 5.44. The van der Waals surface area contributed by atoms with Crippen LogP contribution in [0.3, 0.4) is 0 Å². The number of methoxy groups -OCH3 is 2. The van der Waals surface area contributed by atoms with E-state index < -0.39 is 0 Å². The first-order valence-corrected chi connectivity index (χ1v) is 10.7. The van der Waals surface area contributed by atoms with Gasteiger partial charge < -0.3 is 20.1 Å². The van der Waals surface area contributed by atoms with E-state index in [0.29, 0.717) is 6.04 Å². The maximum atomic E-state index is 5.44. The summed E-state index contributed by atoms with van der Waals surface area (Å²) in [5.41, 5.74) is 2.54. The van der Waals surface area contributed by atoms with E-state index in [9.17, 15) is 0 Å². The fourth-order valence-corrected chi connectivity index (χ4v) is 3.89. The molecule has 1 aliphatic heterocycles. The van der Waals surface area contributed by atoms with Crippen molar-refractivity contribution in [1.29, 1.82) is 0 Å². The molecule has 1 aliphatic rings. The predicted octanol–water partition coefficient (Wildman–Crippen LogP) is 3.25. The molecule has 2 N–H and O–H groups in total. The van der Waals surface area contributed by atoms with E-state index in [1.807, 2.05) is 25.2 Å². The summed E-state index contributed by atoms with van der Waals surface area (Å²) in [6.45, 7) is 3.88. The number of aliphatic imine (C=N–C) groups is 1. The van der Waals surface area contributed by atoms with E-state index in [-0.39, 0.29) is 0 Å². The average Bonchev–Trinajstić information content (AvgIpc) is 3.33. The van der Waals surface area contributed by atoms with Crippen LogP contribution in [0.25, 0.3) is 0 Å². The minimum absolute atomic E-state index is 0.294. The van der Waals surface area contributed by atoms with Gasteiger partial charge in [0, 0.05) is 20.1 Å². The highest BCUT2D eigenvalue weighted by Gasteiger charge is 2.24. The SMILES string of the molecule is CN=C(NCCc1ccc(OC)cc1)NCC(c1cccc(OC)c1)N1CCCC1. The Labute approximate surface area is 180 Å². The van der Waals surface area contributed by atoms with Crippen LogP contribution < -0.4 is 20.1 Å². The van der Waals surface area contributed by atoms with Gasteiger partial charge in [0.2, 0.25) is 0 Å². The summed E-state index contributed by atoms with van der Waals surface area (Å²) in [5.74, 6) is 2.61. The fraction of sp³-hybridized carbons (Fsp3) is 0.458. The molecule has 0 amide bonds. The first-order valence-electron chi connectivity index (χ1n) is 10.7. The highest BCUT2D eigenvalue weighted by atomic mass is 16.5. The molecule has 1 atom stereocenters. The van der Waals surface area contributed by atoms with E-state index in [4.69, 9.17) is 9.47 Å². The van der Waals surface area contributed by atoms with Gasteiger partial charge in [-0.2, -0.15) is 0 Å². The zero-order chi connectivity index (χ0) is 21.2. The molecule has 1 saturated heterocycles. The van der Waals surface area contributed by atoms with Gasteiger partial charge in [-0.15, -0.1) is 0 Å². The molecule has 1 unspecified atom stereocenters. The van der Waals surface area contributed by atoms with Crippen LogP contribution in [0, 0.1) is 0 Å².